The summed E-state index contributed by atoms with van der Waals surface area (Å²) in [5.74, 6) is 3.08. The predicted octanol–water partition coefficient (Wildman–Crippen LogP) is 3.25. The van der Waals surface area contributed by atoms with Crippen LogP contribution in [0.25, 0.3) is 11.4 Å². The van der Waals surface area contributed by atoms with Gasteiger partial charge in [-0.1, -0.05) is 12.1 Å². The summed E-state index contributed by atoms with van der Waals surface area (Å²) in [6.07, 6.45) is 7.99. The molecule has 4 bridgehead atoms. The molecule has 0 N–H and O–H groups in total. The standard InChI is InChI=1S/C20H24N4O2/c1-24-18(21-22-23-24)16-2-4-17(5-3-16)19(25)26-12-20-9-13-6-14(10-20)8-15(7-13)11-20/h2-5,13-15H,6-12H2,1H3. The molecule has 4 fully saturated rings. The van der Waals surface area contributed by atoms with E-state index in [9.17, 15) is 4.79 Å². The maximum atomic E-state index is 12.5. The highest BCUT2D eigenvalue weighted by Gasteiger charge is 2.51. The first-order chi connectivity index (χ1) is 12.6. The highest BCUT2D eigenvalue weighted by molar-refractivity contribution is 5.89. The number of hydrogen-bond acceptors (Lipinski definition) is 5. The lowest BCUT2D eigenvalue weighted by atomic mass is 9.50. The van der Waals surface area contributed by atoms with Crippen LogP contribution in [0.1, 0.15) is 48.9 Å². The molecule has 26 heavy (non-hydrogen) atoms. The summed E-state index contributed by atoms with van der Waals surface area (Å²) >= 11 is 0. The first-order valence-corrected chi connectivity index (χ1v) is 9.60. The molecular weight excluding hydrogens is 328 g/mol. The minimum atomic E-state index is -0.219. The molecule has 2 aromatic rings. The van der Waals surface area contributed by atoms with Crippen LogP contribution < -0.4 is 0 Å². The van der Waals surface area contributed by atoms with Crippen molar-refractivity contribution in [2.24, 2.45) is 30.2 Å². The second-order valence-corrected chi connectivity index (χ2v) is 8.70. The molecule has 4 saturated carbocycles. The van der Waals surface area contributed by atoms with Crippen LogP contribution in [0.15, 0.2) is 24.3 Å². The average Bonchev–Trinajstić information content (AvgIpc) is 3.05. The molecule has 0 atom stereocenters. The van der Waals surface area contributed by atoms with Crippen LogP contribution >= 0.6 is 0 Å². The van der Waals surface area contributed by atoms with Crippen LogP contribution in [0.3, 0.4) is 0 Å². The number of aromatic nitrogens is 4. The molecule has 4 aliphatic carbocycles. The van der Waals surface area contributed by atoms with Gasteiger partial charge < -0.3 is 4.74 Å². The fraction of sp³-hybridized carbons (Fsp3) is 0.600. The Labute approximate surface area is 152 Å². The highest BCUT2D eigenvalue weighted by Crippen LogP contribution is 2.60. The Morgan fingerprint density at radius 1 is 1.12 bits per heavy atom. The third kappa shape index (κ3) is 2.72. The van der Waals surface area contributed by atoms with Crippen molar-refractivity contribution in [2.45, 2.75) is 38.5 Å². The lowest BCUT2D eigenvalue weighted by Gasteiger charge is -2.56. The van der Waals surface area contributed by atoms with E-state index in [-0.39, 0.29) is 11.4 Å². The third-order valence-corrected chi connectivity index (χ3v) is 6.67. The molecule has 1 aromatic heterocycles. The first kappa shape index (κ1) is 16.0. The highest BCUT2D eigenvalue weighted by atomic mass is 16.5. The Morgan fingerprint density at radius 3 is 2.27 bits per heavy atom. The summed E-state index contributed by atoms with van der Waals surface area (Å²) in [5.41, 5.74) is 1.73. The summed E-state index contributed by atoms with van der Waals surface area (Å²) in [7, 11) is 1.79. The van der Waals surface area contributed by atoms with Gasteiger partial charge in [-0.05, 0) is 78.8 Å². The molecular formula is C20H24N4O2. The normalized spacial score (nSPS) is 32.0. The van der Waals surface area contributed by atoms with Crippen molar-refractivity contribution in [3.05, 3.63) is 29.8 Å². The maximum absolute atomic E-state index is 12.5. The molecule has 0 radical (unpaired) electrons. The molecule has 136 valence electrons. The number of tetrazole rings is 1. The number of carbonyl (C=O) groups is 1. The minimum Gasteiger partial charge on any atom is -0.462 e. The van der Waals surface area contributed by atoms with Crippen molar-refractivity contribution in [1.29, 1.82) is 0 Å². The van der Waals surface area contributed by atoms with Crippen LogP contribution in [0.5, 0.6) is 0 Å². The van der Waals surface area contributed by atoms with Crippen LogP contribution in [0.4, 0.5) is 0 Å². The van der Waals surface area contributed by atoms with Crippen molar-refractivity contribution < 1.29 is 9.53 Å². The van der Waals surface area contributed by atoms with Gasteiger partial charge in [-0.2, -0.15) is 0 Å². The Kier molecular flexibility index (Phi) is 3.62. The Hall–Kier alpha value is -2.24. The Balaban J connectivity index is 1.25. The molecule has 1 heterocycles. The fourth-order valence-electron chi connectivity index (χ4n) is 6.00. The number of esters is 1. The molecule has 4 aliphatic rings. The third-order valence-electron chi connectivity index (χ3n) is 6.67. The second kappa shape index (κ2) is 5.89. The fourth-order valence-corrected chi connectivity index (χ4v) is 6.00. The Morgan fingerprint density at radius 2 is 1.73 bits per heavy atom. The molecule has 0 unspecified atom stereocenters. The first-order valence-electron chi connectivity index (χ1n) is 9.60. The average molecular weight is 352 g/mol. The van der Waals surface area contributed by atoms with E-state index < -0.39 is 0 Å². The van der Waals surface area contributed by atoms with Gasteiger partial charge in [0, 0.05) is 18.0 Å². The van der Waals surface area contributed by atoms with E-state index in [0.29, 0.717) is 18.0 Å². The number of hydrogen-bond donors (Lipinski definition) is 0. The maximum Gasteiger partial charge on any atom is 0.338 e. The van der Waals surface area contributed by atoms with Gasteiger partial charge in [0.05, 0.1) is 12.2 Å². The van der Waals surface area contributed by atoms with E-state index in [1.54, 1.807) is 23.9 Å². The number of rotatable bonds is 4. The SMILES string of the molecule is Cn1nnnc1-c1ccc(C(=O)OCC23CC4CC(CC(C4)C2)C3)cc1. The van der Waals surface area contributed by atoms with E-state index in [1.807, 2.05) is 12.1 Å². The summed E-state index contributed by atoms with van der Waals surface area (Å²) in [6.45, 7) is 0.588. The lowest BCUT2D eigenvalue weighted by molar-refractivity contribution is -0.0848. The Bertz CT molecular complexity index is 791. The summed E-state index contributed by atoms with van der Waals surface area (Å²) < 4.78 is 7.39. The summed E-state index contributed by atoms with van der Waals surface area (Å²) in [5, 5.41) is 11.5. The van der Waals surface area contributed by atoms with Crippen molar-refractivity contribution in [3.63, 3.8) is 0 Å². The molecule has 6 rings (SSSR count). The number of ether oxygens (including phenoxy) is 1. The molecule has 6 heteroatoms. The van der Waals surface area contributed by atoms with Gasteiger partial charge in [0.2, 0.25) is 0 Å². The zero-order valence-corrected chi connectivity index (χ0v) is 15.1. The number of benzene rings is 1. The molecule has 0 spiro atoms. The van der Waals surface area contributed by atoms with E-state index in [4.69, 9.17) is 4.74 Å². The number of nitrogens with zero attached hydrogens (tertiary/aromatic N) is 4. The van der Waals surface area contributed by atoms with Crippen LogP contribution in [0, 0.1) is 23.2 Å². The van der Waals surface area contributed by atoms with Gasteiger partial charge in [0.15, 0.2) is 5.82 Å². The predicted molar refractivity (Wildman–Crippen MR) is 95.1 cm³/mol. The van der Waals surface area contributed by atoms with Crippen LogP contribution in [-0.2, 0) is 11.8 Å². The van der Waals surface area contributed by atoms with Gasteiger partial charge in [-0.3, -0.25) is 0 Å². The number of aryl methyl sites for hydroxylation is 1. The van der Waals surface area contributed by atoms with Crippen molar-refractivity contribution >= 4 is 5.97 Å². The monoisotopic (exact) mass is 352 g/mol. The minimum absolute atomic E-state index is 0.219. The van der Waals surface area contributed by atoms with E-state index >= 15 is 0 Å². The largest absolute Gasteiger partial charge is 0.462 e. The molecule has 0 saturated heterocycles. The second-order valence-electron chi connectivity index (χ2n) is 8.70. The van der Waals surface area contributed by atoms with Gasteiger partial charge in [-0.25, -0.2) is 9.48 Å². The molecule has 6 nitrogen and oxygen atoms in total. The van der Waals surface area contributed by atoms with Gasteiger partial charge >= 0.3 is 5.97 Å². The zero-order valence-electron chi connectivity index (χ0n) is 15.1. The quantitative estimate of drug-likeness (QED) is 0.790. The van der Waals surface area contributed by atoms with E-state index in [2.05, 4.69) is 15.5 Å². The molecule has 1 aromatic carbocycles. The van der Waals surface area contributed by atoms with E-state index in [0.717, 1.165) is 23.3 Å². The van der Waals surface area contributed by atoms with Crippen LogP contribution in [0.2, 0.25) is 0 Å². The summed E-state index contributed by atoms with van der Waals surface area (Å²) in [4.78, 5) is 12.5. The van der Waals surface area contributed by atoms with Crippen molar-refractivity contribution in [3.8, 4) is 11.4 Å². The van der Waals surface area contributed by atoms with Crippen molar-refractivity contribution in [1.82, 2.24) is 20.2 Å². The molecule has 0 aliphatic heterocycles. The summed E-state index contributed by atoms with van der Waals surface area (Å²) in [6, 6.07) is 7.33. The zero-order chi connectivity index (χ0) is 17.7. The molecule has 0 amide bonds. The topological polar surface area (TPSA) is 69.9 Å². The van der Waals surface area contributed by atoms with Gasteiger partial charge in [-0.15, -0.1) is 5.10 Å². The van der Waals surface area contributed by atoms with Gasteiger partial charge in [0.25, 0.3) is 0 Å². The van der Waals surface area contributed by atoms with Crippen molar-refractivity contribution in [2.75, 3.05) is 6.61 Å². The van der Waals surface area contributed by atoms with Crippen LogP contribution in [-0.4, -0.2) is 32.8 Å². The number of carbonyl (C=O) groups excluding carboxylic acids is 1. The van der Waals surface area contributed by atoms with E-state index in [1.165, 1.54) is 38.5 Å². The smallest absolute Gasteiger partial charge is 0.338 e. The van der Waals surface area contributed by atoms with Gasteiger partial charge in [0.1, 0.15) is 0 Å². The lowest BCUT2D eigenvalue weighted by Crippen LogP contribution is -2.48.